The Morgan fingerprint density at radius 3 is 2.67 bits per heavy atom. The topological polar surface area (TPSA) is 54.0 Å². The fourth-order valence-electron chi connectivity index (χ4n) is 1.84. The van der Waals surface area contributed by atoms with Crippen LogP contribution in [-0.4, -0.2) is 14.4 Å². The molecule has 0 aliphatic heterocycles. The van der Waals surface area contributed by atoms with E-state index in [2.05, 4.69) is 16.0 Å². The molecule has 5 heteroatoms. The molecular formula is C13H7FN4. The van der Waals surface area contributed by atoms with Crippen LogP contribution in [0.1, 0.15) is 5.69 Å². The van der Waals surface area contributed by atoms with Gasteiger partial charge in [-0.1, -0.05) is 0 Å². The quantitative estimate of drug-likeness (QED) is 0.654. The van der Waals surface area contributed by atoms with Crippen molar-refractivity contribution in [1.82, 2.24) is 14.4 Å². The van der Waals surface area contributed by atoms with E-state index < -0.39 is 5.82 Å². The summed E-state index contributed by atoms with van der Waals surface area (Å²) in [5.74, 6) is -0.405. The molecule has 0 aliphatic rings. The first-order valence-corrected chi connectivity index (χ1v) is 5.27. The Bertz CT molecular complexity index is 756. The first-order chi connectivity index (χ1) is 8.79. The molecule has 86 valence electrons. The zero-order valence-corrected chi connectivity index (χ0v) is 9.21. The molecule has 0 bridgehead atoms. The highest BCUT2D eigenvalue weighted by molar-refractivity contribution is 5.69. The van der Waals surface area contributed by atoms with Gasteiger partial charge in [-0.15, -0.1) is 0 Å². The van der Waals surface area contributed by atoms with E-state index in [0.717, 1.165) is 5.56 Å². The lowest BCUT2D eigenvalue weighted by Crippen LogP contribution is -1.90. The lowest BCUT2D eigenvalue weighted by molar-refractivity contribution is 0.619. The number of pyridine rings is 2. The Kier molecular flexibility index (Phi) is 2.27. The number of hydrogen-bond donors (Lipinski definition) is 0. The van der Waals surface area contributed by atoms with E-state index in [9.17, 15) is 9.65 Å². The predicted molar refractivity (Wildman–Crippen MR) is 63.1 cm³/mol. The Morgan fingerprint density at radius 2 is 1.94 bits per heavy atom. The fraction of sp³-hybridized carbons (Fsp3) is 0. The molecule has 0 atom stereocenters. The molecule has 3 heterocycles. The highest BCUT2D eigenvalue weighted by Gasteiger charge is 2.13. The van der Waals surface area contributed by atoms with Crippen molar-refractivity contribution in [1.29, 1.82) is 5.26 Å². The molecule has 0 aliphatic carbocycles. The van der Waals surface area contributed by atoms with Crippen LogP contribution in [0, 0.1) is 17.1 Å². The van der Waals surface area contributed by atoms with Crippen LogP contribution in [0.2, 0.25) is 0 Å². The first kappa shape index (κ1) is 10.4. The normalized spacial score (nSPS) is 10.4. The lowest BCUT2D eigenvalue weighted by atomic mass is 10.2. The third-order valence-corrected chi connectivity index (χ3v) is 2.64. The molecule has 0 aromatic carbocycles. The van der Waals surface area contributed by atoms with Crippen molar-refractivity contribution in [2.45, 2.75) is 0 Å². The summed E-state index contributed by atoms with van der Waals surface area (Å²) >= 11 is 0. The number of nitriles is 1. The van der Waals surface area contributed by atoms with Crippen molar-refractivity contribution in [3.8, 4) is 17.3 Å². The van der Waals surface area contributed by atoms with Gasteiger partial charge in [0.05, 0.1) is 0 Å². The Balaban J connectivity index is 2.34. The summed E-state index contributed by atoms with van der Waals surface area (Å²) in [6, 6.07) is 8.45. The van der Waals surface area contributed by atoms with Gasteiger partial charge in [-0.05, 0) is 24.3 Å². The largest absolute Gasteiger partial charge is 0.288 e. The molecule has 0 unspecified atom stereocenters. The van der Waals surface area contributed by atoms with Crippen molar-refractivity contribution < 1.29 is 4.39 Å². The van der Waals surface area contributed by atoms with Crippen LogP contribution in [0.3, 0.4) is 0 Å². The molecule has 0 saturated carbocycles. The zero-order valence-electron chi connectivity index (χ0n) is 9.21. The lowest BCUT2D eigenvalue weighted by Gasteiger charge is -1.96. The fourth-order valence-corrected chi connectivity index (χ4v) is 1.84. The van der Waals surface area contributed by atoms with Gasteiger partial charge in [-0.25, -0.2) is 9.37 Å². The molecule has 0 N–H and O–H groups in total. The van der Waals surface area contributed by atoms with E-state index in [1.165, 1.54) is 16.7 Å². The van der Waals surface area contributed by atoms with Crippen molar-refractivity contribution >= 4 is 5.65 Å². The van der Waals surface area contributed by atoms with Gasteiger partial charge < -0.3 is 0 Å². The molecule has 3 aromatic heterocycles. The van der Waals surface area contributed by atoms with Crippen LogP contribution in [0.4, 0.5) is 4.39 Å². The summed E-state index contributed by atoms with van der Waals surface area (Å²) in [7, 11) is 0. The highest BCUT2D eigenvalue weighted by atomic mass is 19.1. The van der Waals surface area contributed by atoms with Crippen LogP contribution in [0.5, 0.6) is 0 Å². The van der Waals surface area contributed by atoms with Gasteiger partial charge in [0.1, 0.15) is 23.2 Å². The molecule has 18 heavy (non-hydrogen) atoms. The van der Waals surface area contributed by atoms with Gasteiger partial charge in [0, 0.05) is 24.2 Å². The average Bonchev–Trinajstić information content (AvgIpc) is 2.77. The van der Waals surface area contributed by atoms with Gasteiger partial charge in [-0.3, -0.25) is 9.38 Å². The monoisotopic (exact) mass is 238 g/mol. The van der Waals surface area contributed by atoms with Gasteiger partial charge in [-0.2, -0.15) is 5.26 Å². The number of imidazole rings is 1. The van der Waals surface area contributed by atoms with Crippen LogP contribution in [0.15, 0.2) is 42.9 Å². The Hall–Kier alpha value is -2.74. The number of halogens is 1. The second-order valence-corrected chi connectivity index (χ2v) is 3.73. The minimum absolute atomic E-state index is 0.315. The molecule has 3 rings (SSSR count). The van der Waals surface area contributed by atoms with E-state index >= 15 is 0 Å². The summed E-state index contributed by atoms with van der Waals surface area (Å²) in [6.07, 6.45) is 4.51. The van der Waals surface area contributed by atoms with E-state index in [1.807, 2.05) is 0 Å². The minimum Gasteiger partial charge on any atom is -0.288 e. The van der Waals surface area contributed by atoms with E-state index in [4.69, 9.17) is 0 Å². The average molecular weight is 238 g/mol. The van der Waals surface area contributed by atoms with Crippen LogP contribution >= 0.6 is 0 Å². The van der Waals surface area contributed by atoms with E-state index in [1.54, 1.807) is 30.6 Å². The molecule has 0 radical (unpaired) electrons. The number of fused-ring (bicyclic) bond motifs is 1. The third kappa shape index (κ3) is 1.52. The standard InChI is InChI=1S/C13H7FN4/c14-10-1-2-12-17-13(9-3-5-16-6-4-9)11(7-15)18(12)8-10/h1-6,8H. The second-order valence-electron chi connectivity index (χ2n) is 3.73. The van der Waals surface area contributed by atoms with Gasteiger partial charge in [0.2, 0.25) is 0 Å². The maximum atomic E-state index is 13.2. The van der Waals surface area contributed by atoms with Crippen molar-refractivity contribution in [2.75, 3.05) is 0 Å². The molecular weight excluding hydrogens is 231 g/mol. The molecule has 0 fully saturated rings. The number of hydrogen-bond acceptors (Lipinski definition) is 3. The summed E-state index contributed by atoms with van der Waals surface area (Å²) in [4.78, 5) is 8.26. The van der Waals surface area contributed by atoms with Crippen LogP contribution in [0.25, 0.3) is 16.9 Å². The van der Waals surface area contributed by atoms with Crippen molar-refractivity contribution in [3.05, 3.63) is 54.4 Å². The van der Waals surface area contributed by atoms with Gasteiger partial charge >= 0.3 is 0 Å². The van der Waals surface area contributed by atoms with Crippen molar-refractivity contribution in [3.63, 3.8) is 0 Å². The molecule has 0 amide bonds. The SMILES string of the molecule is N#Cc1c(-c2ccncc2)nc2ccc(F)cn12. The smallest absolute Gasteiger partial charge is 0.152 e. The van der Waals surface area contributed by atoms with Crippen LogP contribution < -0.4 is 0 Å². The highest BCUT2D eigenvalue weighted by Crippen LogP contribution is 2.23. The molecule has 3 aromatic rings. The number of nitrogens with zero attached hydrogens (tertiary/aromatic N) is 4. The maximum absolute atomic E-state index is 13.2. The van der Waals surface area contributed by atoms with Gasteiger partial charge in [0.15, 0.2) is 5.69 Å². The first-order valence-electron chi connectivity index (χ1n) is 5.27. The van der Waals surface area contributed by atoms with Crippen LogP contribution in [-0.2, 0) is 0 Å². The maximum Gasteiger partial charge on any atom is 0.152 e. The summed E-state index contributed by atoms with van der Waals surface area (Å²) < 4.78 is 14.6. The summed E-state index contributed by atoms with van der Waals surface area (Å²) in [5, 5.41) is 9.21. The Morgan fingerprint density at radius 1 is 1.17 bits per heavy atom. The minimum atomic E-state index is -0.405. The molecule has 4 nitrogen and oxygen atoms in total. The Labute approximate surface area is 102 Å². The third-order valence-electron chi connectivity index (χ3n) is 2.64. The second kappa shape index (κ2) is 3.93. The van der Waals surface area contributed by atoms with Crippen molar-refractivity contribution in [2.24, 2.45) is 0 Å². The number of rotatable bonds is 1. The molecule has 0 saturated heterocycles. The zero-order chi connectivity index (χ0) is 12.5. The predicted octanol–water partition coefficient (Wildman–Crippen LogP) is 2.41. The molecule has 0 spiro atoms. The summed E-state index contributed by atoms with van der Waals surface area (Å²) in [5.41, 5.74) is 2.17. The van der Waals surface area contributed by atoms with E-state index in [0.29, 0.717) is 17.0 Å². The van der Waals surface area contributed by atoms with E-state index in [-0.39, 0.29) is 0 Å². The number of aromatic nitrogens is 3. The summed E-state index contributed by atoms with van der Waals surface area (Å²) in [6.45, 7) is 0. The van der Waals surface area contributed by atoms with Gasteiger partial charge in [0.25, 0.3) is 0 Å².